The van der Waals surface area contributed by atoms with Crippen LogP contribution in [0.15, 0.2) is 45.3 Å². The molecule has 4 aliphatic rings. The number of likely N-dealkylation sites (tertiary alicyclic amines) is 1. The Hall–Kier alpha value is -3.56. The summed E-state index contributed by atoms with van der Waals surface area (Å²) >= 11 is 7.00. The van der Waals surface area contributed by atoms with Gasteiger partial charge >= 0.3 is 18.1 Å². The zero-order valence-electron chi connectivity index (χ0n) is 27.2. The lowest BCUT2D eigenvalue weighted by atomic mass is 10.0. The van der Waals surface area contributed by atoms with Crippen LogP contribution in [0, 0.1) is 0 Å². The second-order valence-corrected chi connectivity index (χ2v) is 14.7. The van der Waals surface area contributed by atoms with Gasteiger partial charge in [-0.1, -0.05) is 18.2 Å². The van der Waals surface area contributed by atoms with E-state index in [4.69, 9.17) is 5.73 Å². The number of nitrogen functional groups attached to an aromatic ring is 1. The molecule has 4 N–H and O–H groups in total. The first kappa shape index (κ1) is 34.3. The van der Waals surface area contributed by atoms with Gasteiger partial charge in [0.05, 0.1) is 5.69 Å². The number of benzene rings is 2. The average molecular weight is 790 g/mol. The van der Waals surface area contributed by atoms with Gasteiger partial charge in [-0.15, -0.1) is 0 Å². The molecule has 2 aromatic carbocycles. The first-order valence-corrected chi connectivity index (χ1v) is 18.1. The molecule has 4 aliphatic heterocycles. The van der Waals surface area contributed by atoms with Gasteiger partial charge in [0.1, 0.15) is 6.04 Å². The summed E-state index contributed by atoms with van der Waals surface area (Å²) in [6.45, 7) is 6.25. The fraction of sp³-hybridized carbons (Fsp3) is 0.515. The van der Waals surface area contributed by atoms with E-state index in [9.17, 15) is 19.2 Å². The summed E-state index contributed by atoms with van der Waals surface area (Å²) in [5.74, 6) is -0.183. The van der Waals surface area contributed by atoms with Gasteiger partial charge in [-0.25, -0.2) is 14.4 Å². The summed E-state index contributed by atoms with van der Waals surface area (Å²) in [5, 5.41) is 6.02. The lowest BCUT2D eigenvalue weighted by Crippen LogP contribution is -2.60. The van der Waals surface area contributed by atoms with Crippen LogP contribution in [0.4, 0.5) is 25.8 Å². The van der Waals surface area contributed by atoms with E-state index in [0.717, 1.165) is 29.9 Å². The van der Waals surface area contributed by atoms with Crippen LogP contribution in [0.2, 0.25) is 0 Å². The highest BCUT2D eigenvalue weighted by atomic mass is 79.9. The molecular weight excluding hydrogens is 746 g/mol. The normalized spacial score (nSPS) is 19.9. The Kier molecular flexibility index (Phi) is 10.7. The number of nitrogens with zero attached hydrogens (tertiary/aromatic N) is 6. The van der Waals surface area contributed by atoms with E-state index in [1.54, 1.807) is 9.80 Å². The summed E-state index contributed by atoms with van der Waals surface area (Å²) in [4.78, 5) is 65.0. The number of halogens is 2. The highest BCUT2D eigenvalue weighted by molar-refractivity contribution is 9.11. The fourth-order valence-electron chi connectivity index (χ4n) is 6.87. The molecule has 13 nitrogen and oxygen atoms in total. The Morgan fingerprint density at radius 3 is 2.10 bits per heavy atom. The van der Waals surface area contributed by atoms with Gasteiger partial charge in [0.25, 0.3) is 0 Å². The van der Waals surface area contributed by atoms with Crippen LogP contribution in [0.3, 0.4) is 0 Å². The lowest BCUT2D eigenvalue weighted by molar-refractivity contribution is -0.134. The summed E-state index contributed by atoms with van der Waals surface area (Å²) < 4.78 is 1.40. The Morgan fingerprint density at radius 1 is 0.875 bits per heavy atom. The van der Waals surface area contributed by atoms with Crippen molar-refractivity contribution in [2.75, 3.05) is 83.5 Å². The number of urea groups is 3. The smallest absolute Gasteiger partial charge is 0.322 e. The number of carbonyl (C=O) groups is 4. The van der Waals surface area contributed by atoms with Crippen molar-refractivity contribution in [2.24, 2.45) is 0 Å². The monoisotopic (exact) mass is 787 g/mol. The minimum Gasteiger partial charge on any atom is -0.397 e. The Labute approximate surface area is 298 Å². The van der Waals surface area contributed by atoms with Crippen molar-refractivity contribution in [3.8, 4) is 0 Å². The minimum atomic E-state index is -0.818. The summed E-state index contributed by atoms with van der Waals surface area (Å²) in [6, 6.07) is 10.3. The second-order valence-electron chi connectivity index (χ2n) is 13.0. The van der Waals surface area contributed by atoms with Crippen molar-refractivity contribution in [3.63, 3.8) is 0 Å². The number of nitrogens with one attached hydrogen (secondary N) is 2. The molecule has 258 valence electrons. The molecule has 0 spiro atoms. The van der Waals surface area contributed by atoms with Gasteiger partial charge in [0.15, 0.2) is 0 Å². The third kappa shape index (κ3) is 7.68. The number of para-hydroxylation sites is 1. The number of piperidine rings is 1. The molecule has 3 saturated heterocycles. The first-order valence-electron chi connectivity index (χ1n) is 16.5. The van der Waals surface area contributed by atoms with E-state index in [1.165, 1.54) is 0 Å². The van der Waals surface area contributed by atoms with Crippen molar-refractivity contribution < 1.29 is 19.2 Å². The van der Waals surface area contributed by atoms with Crippen LogP contribution in [-0.2, 0) is 17.8 Å². The highest BCUT2D eigenvalue weighted by Crippen LogP contribution is 2.31. The largest absolute Gasteiger partial charge is 0.397 e. The Balaban J connectivity index is 1.08. The Morgan fingerprint density at radius 2 is 1.46 bits per heavy atom. The zero-order valence-corrected chi connectivity index (χ0v) is 30.3. The third-order valence-electron chi connectivity index (χ3n) is 9.86. The Bertz CT molecular complexity index is 1510. The van der Waals surface area contributed by atoms with Crippen molar-refractivity contribution >= 4 is 67.2 Å². The second kappa shape index (κ2) is 14.9. The highest BCUT2D eigenvalue weighted by Gasteiger charge is 2.36. The molecule has 6 rings (SSSR count). The van der Waals surface area contributed by atoms with E-state index in [2.05, 4.69) is 54.4 Å². The van der Waals surface area contributed by atoms with Crippen molar-refractivity contribution in [2.45, 2.75) is 37.9 Å². The van der Waals surface area contributed by atoms with Gasteiger partial charge in [0, 0.05) is 99.1 Å². The van der Waals surface area contributed by atoms with Crippen molar-refractivity contribution in [1.29, 1.82) is 0 Å². The minimum absolute atomic E-state index is 0.00849. The van der Waals surface area contributed by atoms with Crippen LogP contribution >= 0.6 is 31.9 Å². The van der Waals surface area contributed by atoms with Crippen LogP contribution in [-0.4, -0.2) is 138 Å². The first-order chi connectivity index (χ1) is 23.1. The number of nitrogens with two attached hydrogens (primary N) is 1. The van der Waals surface area contributed by atoms with Crippen molar-refractivity contribution in [1.82, 2.24) is 34.7 Å². The molecule has 2 aromatic rings. The zero-order chi connectivity index (χ0) is 33.9. The number of hydrogen-bond donors (Lipinski definition) is 3. The van der Waals surface area contributed by atoms with E-state index in [1.807, 2.05) is 51.1 Å². The maximum Gasteiger partial charge on any atom is 0.322 e. The maximum atomic E-state index is 14.0. The summed E-state index contributed by atoms with van der Waals surface area (Å²) in [5.41, 5.74) is 9.43. The summed E-state index contributed by atoms with van der Waals surface area (Å²) in [6.07, 6.45) is 1.55. The number of anilines is 2. The molecule has 7 amide bonds. The molecule has 0 bridgehead atoms. The number of hydrogen-bond acceptors (Lipinski definition) is 6. The molecule has 15 heteroatoms. The van der Waals surface area contributed by atoms with Gasteiger partial charge in [-0.05, 0) is 81.1 Å². The van der Waals surface area contributed by atoms with Crippen LogP contribution in [0.1, 0.15) is 24.0 Å². The average Bonchev–Trinajstić information content (AvgIpc) is 3.10. The van der Waals surface area contributed by atoms with E-state index in [0.29, 0.717) is 86.4 Å². The van der Waals surface area contributed by atoms with E-state index in [-0.39, 0.29) is 36.5 Å². The quantitative estimate of drug-likeness (QED) is 0.398. The maximum absolute atomic E-state index is 14.0. The molecule has 0 radical (unpaired) electrons. The molecule has 0 saturated carbocycles. The molecule has 4 heterocycles. The standard InChI is InChI=1S/C33H43Br2N9O4/c1-39-10-12-42(13-11-39)33(48)43-16-14-40(15-17-43)30(45)28(20-22-18-25(34)29(36)26(35)19-22)38-31(46)41-8-6-24(7-9-41)44-21-23-4-2-3-5-27(23)37-32(44)47/h2-5,18-19,24,28H,6-17,20-21,36H2,1H3,(H,37,47)(H,38,46)/t28-/m0/s1. The third-order valence-corrected chi connectivity index (χ3v) is 11.2. The lowest BCUT2D eigenvalue weighted by Gasteiger charge is -2.41. The molecule has 1 atom stereocenters. The number of rotatable bonds is 5. The molecular formula is C33H43Br2N9O4. The molecule has 0 aromatic heterocycles. The molecule has 48 heavy (non-hydrogen) atoms. The molecule has 0 aliphatic carbocycles. The number of carbonyl (C=O) groups excluding carboxylic acids is 4. The number of amides is 7. The number of likely N-dealkylation sites (N-methyl/N-ethyl adjacent to an activating group) is 1. The van der Waals surface area contributed by atoms with Gasteiger partial charge in [-0.3, -0.25) is 4.79 Å². The fourth-order valence-corrected chi connectivity index (χ4v) is 8.15. The van der Waals surface area contributed by atoms with Gasteiger partial charge < -0.3 is 45.8 Å². The van der Waals surface area contributed by atoms with E-state index < -0.39 is 6.04 Å². The van der Waals surface area contributed by atoms with Crippen LogP contribution < -0.4 is 16.4 Å². The van der Waals surface area contributed by atoms with Gasteiger partial charge in [0.2, 0.25) is 5.91 Å². The van der Waals surface area contributed by atoms with Gasteiger partial charge in [-0.2, -0.15) is 0 Å². The SMILES string of the molecule is CN1CCN(C(=O)N2CCN(C(=O)[C@H](Cc3cc(Br)c(N)c(Br)c3)NC(=O)N3CCC(N4Cc5ccccc5NC4=O)CC3)CC2)CC1. The van der Waals surface area contributed by atoms with Crippen molar-refractivity contribution in [3.05, 3.63) is 56.5 Å². The van der Waals surface area contributed by atoms with E-state index >= 15 is 0 Å². The predicted octanol–water partition coefficient (Wildman–Crippen LogP) is 3.44. The topological polar surface area (TPSA) is 138 Å². The number of piperazine rings is 2. The summed E-state index contributed by atoms with van der Waals surface area (Å²) in [7, 11) is 2.06. The number of fused-ring (bicyclic) bond motifs is 1. The molecule has 3 fully saturated rings. The van der Waals surface area contributed by atoms with Crippen LogP contribution in [0.5, 0.6) is 0 Å². The predicted molar refractivity (Wildman–Crippen MR) is 190 cm³/mol. The van der Waals surface area contributed by atoms with Crippen LogP contribution in [0.25, 0.3) is 0 Å². The molecule has 0 unspecified atom stereocenters.